The molecule has 0 aromatic heterocycles. The Bertz CT molecular complexity index is 284. The third-order valence-corrected chi connectivity index (χ3v) is 1.51. The standard InChI is InChI=1S/C9H10O3/c1-3-12-8-5-7(10)4-6(2)9(8)11/h4-5H,3H2,1-2H3. The number of ether oxygens (including phenoxy) is 1. The number of hydrogen-bond donors (Lipinski definition) is 0. The van der Waals surface area contributed by atoms with E-state index in [4.69, 9.17) is 4.74 Å². The molecule has 0 radical (unpaired) electrons. The monoisotopic (exact) mass is 166 g/mol. The van der Waals surface area contributed by atoms with Crippen LogP contribution in [0.15, 0.2) is 23.5 Å². The Morgan fingerprint density at radius 2 is 2.00 bits per heavy atom. The summed E-state index contributed by atoms with van der Waals surface area (Å²) in [6.07, 6.45) is 2.53. The van der Waals surface area contributed by atoms with Gasteiger partial charge in [0.1, 0.15) is 0 Å². The van der Waals surface area contributed by atoms with E-state index in [1.54, 1.807) is 13.8 Å². The topological polar surface area (TPSA) is 43.4 Å². The van der Waals surface area contributed by atoms with Crippen LogP contribution in [0.5, 0.6) is 0 Å². The molecule has 0 aromatic rings. The highest BCUT2D eigenvalue weighted by molar-refractivity contribution is 6.18. The third-order valence-electron chi connectivity index (χ3n) is 1.51. The molecule has 0 spiro atoms. The normalized spacial score (nSPS) is 17.2. The summed E-state index contributed by atoms with van der Waals surface area (Å²) < 4.78 is 4.99. The zero-order valence-electron chi connectivity index (χ0n) is 7.09. The Kier molecular flexibility index (Phi) is 2.43. The minimum absolute atomic E-state index is 0.155. The Morgan fingerprint density at radius 1 is 1.33 bits per heavy atom. The van der Waals surface area contributed by atoms with E-state index in [0.717, 1.165) is 0 Å². The van der Waals surface area contributed by atoms with Crippen molar-refractivity contribution in [3.63, 3.8) is 0 Å². The highest BCUT2D eigenvalue weighted by Gasteiger charge is 2.19. The lowest BCUT2D eigenvalue weighted by molar-refractivity contribution is -0.118. The fraction of sp³-hybridized carbons (Fsp3) is 0.333. The smallest absolute Gasteiger partial charge is 0.223 e. The van der Waals surface area contributed by atoms with Gasteiger partial charge in [0.25, 0.3) is 0 Å². The van der Waals surface area contributed by atoms with Crippen LogP contribution in [0, 0.1) is 0 Å². The van der Waals surface area contributed by atoms with Crippen LogP contribution >= 0.6 is 0 Å². The van der Waals surface area contributed by atoms with Crippen molar-refractivity contribution >= 4 is 11.6 Å². The second-order valence-corrected chi connectivity index (χ2v) is 2.50. The van der Waals surface area contributed by atoms with Crippen LogP contribution in [0.25, 0.3) is 0 Å². The predicted molar refractivity (Wildman–Crippen MR) is 43.5 cm³/mol. The first-order chi connectivity index (χ1) is 5.65. The number of rotatable bonds is 2. The molecule has 0 aromatic carbocycles. The molecule has 0 heterocycles. The first-order valence-electron chi connectivity index (χ1n) is 3.76. The van der Waals surface area contributed by atoms with Crippen LogP contribution in [0.3, 0.4) is 0 Å². The van der Waals surface area contributed by atoms with Gasteiger partial charge in [-0.3, -0.25) is 9.59 Å². The fourth-order valence-corrected chi connectivity index (χ4v) is 0.972. The van der Waals surface area contributed by atoms with Crippen LogP contribution in [0.4, 0.5) is 0 Å². The average molecular weight is 166 g/mol. The fourth-order valence-electron chi connectivity index (χ4n) is 0.972. The number of hydrogen-bond acceptors (Lipinski definition) is 3. The summed E-state index contributed by atoms with van der Waals surface area (Å²) in [5, 5.41) is 0. The first-order valence-corrected chi connectivity index (χ1v) is 3.76. The van der Waals surface area contributed by atoms with Gasteiger partial charge in [-0.1, -0.05) is 0 Å². The summed E-state index contributed by atoms with van der Waals surface area (Å²) in [6, 6.07) is 0. The van der Waals surface area contributed by atoms with Crippen LogP contribution in [-0.4, -0.2) is 18.2 Å². The molecular weight excluding hydrogens is 156 g/mol. The molecule has 0 saturated carbocycles. The molecule has 0 bridgehead atoms. The number of carbonyl (C=O) groups excluding carboxylic acids is 2. The van der Waals surface area contributed by atoms with E-state index in [-0.39, 0.29) is 17.3 Å². The number of Topliss-reactive ketones (excluding diaryl/α,β-unsaturated/α-hetero) is 1. The summed E-state index contributed by atoms with van der Waals surface area (Å²) in [5.74, 6) is -0.227. The molecule has 12 heavy (non-hydrogen) atoms. The number of ketones is 2. The minimum atomic E-state index is -0.198. The molecule has 64 valence electrons. The number of carbonyl (C=O) groups is 2. The highest BCUT2D eigenvalue weighted by atomic mass is 16.5. The van der Waals surface area contributed by atoms with Gasteiger partial charge in [0, 0.05) is 11.6 Å². The van der Waals surface area contributed by atoms with Gasteiger partial charge in [-0.05, 0) is 19.9 Å². The van der Waals surface area contributed by atoms with Gasteiger partial charge < -0.3 is 4.74 Å². The maximum atomic E-state index is 11.2. The average Bonchev–Trinajstić information content (AvgIpc) is 2.00. The summed E-state index contributed by atoms with van der Waals surface area (Å²) >= 11 is 0. The molecule has 3 nitrogen and oxygen atoms in total. The molecule has 3 heteroatoms. The Balaban J connectivity index is 2.88. The Labute approximate surface area is 70.7 Å². The second kappa shape index (κ2) is 3.34. The van der Waals surface area contributed by atoms with Gasteiger partial charge >= 0.3 is 0 Å². The zero-order valence-corrected chi connectivity index (χ0v) is 7.09. The summed E-state index contributed by atoms with van der Waals surface area (Å²) in [6.45, 7) is 3.77. The van der Waals surface area contributed by atoms with Crippen molar-refractivity contribution in [2.75, 3.05) is 6.61 Å². The third kappa shape index (κ3) is 1.61. The van der Waals surface area contributed by atoms with E-state index < -0.39 is 0 Å². The van der Waals surface area contributed by atoms with Gasteiger partial charge in [0.15, 0.2) is 11.5 Å². The largest absolute Gasteiger partial charge is 0.490 e. The van der Waals surface area contributed by atoms with Gasteiger partial charge in [0.2, 0.25) is 5.78 Å². The van der Waals surface area contributed by atoms with E-state index in [1.165, 1.54) is 12.2 Å². The van der Waals surface area contributed by atoms with Crippen molar-refractivity contribution < 1.29 is 14.3 Å². The molecule has 0 atom stereocenters. The van der Waals surface area contributed by atoms with Gasteiger partial charge in [-0.2, -0.15) is 0 Å². The predicted octanol–water partition coefficient (Wildman–Crippen LogP) is 1.00. The van der Waals surface area contributed by atoms with Crippen molar-refractivity contribution in [2.45, 2.75) is 13.8 Å². The van der Waals surface area contributed by atoms with Crippen molar-refractivity contribution in [1.29, 1.82) is 0 Å². The SMILES string of the molecule is CCOC1=CC(=O)C=C(C)C1=O. The molecule has 1 rings (SSSR count). The lowest BCUT2D eigenvalue weighted by Crippen LogP contribution is -2.14. The van der Waals surface area contributed by atoms with E-state index in [2.05, 4.69) is 0 Å². The minimum Gasteiger partial charge on any atom is -0.490 e. The molecule has 0 saturated heterocycles. The summed E-state index contributed by atoms with van der Waals surface area (Å²) in [7, 11) is 0. The molecule has 0 unspecified atom stereocenters. The lowest BCUT2D eigenvalue weighted by atomic mass is 10.0. The van der Waals surface area contributed by atoms with E-state index >= 15 is 0 Å². The van der Waals surface area contributed by atoms with E-state index in [0.29, 0.717) is 12.2 Å². The van der Waals surface area contributed by atoms with E-state index in [1.807, 2.05) is 0 Å². The zero-order chi connectivity index (χ0) is 9.14. The molecule has 0 fully saturated rings. The van der Waals surface area contributed by atoms with Gasteiger partial charge in [-0.15, -0.1) is 0 Å². The van der Waals surface area contributed by atoms with Crippen LogP contribution in [-0.2, 0) is 14.3 Å². The highest BCUT2D eigenvalue weighted by Crippen LogP contribution is 2.12. The van der Waals surface area contributed by atoms with Crippen molar-refractivity contribution in [3.8, 4) is 0 Å². The molecule has 1 aliphatic rings. The molecular formula is C9H10O3. The first kappa shape index (κ1) is 8.71. The number of allylic oxidation sites excluding steroid dienone is 3. The summed E-state index contributed by atoms with van der Waals surface area (Å²) in [5.41, 5.74) is 0.436. The van der Waals surface area contributed by atoms with Crippen LogP contribution in [0.2, 0.25) is 0 Å². The molecule has 0 aliphatic heterocycles. The Morgan fingerprint density at radius 3 is 2.58 bits per heavy atom. The quantitative estimate of drug-likeness (QED) is 0.575. The second-order valence-electron chi connectivity index (χ2n) is 2.50. The van der Waals surface area contributed by atoms with Crippen LogP contribution in [0.1, 0.15) is 13.8 Å². The van der Waals surface area contributed by atoms with Gasteiger partial charge in [0.05, 0.1) is 6.61 Å². The molecule has 1 aliphatic carbocycles. The Hall–Kier alpha value is -1.38. The van der Waals surface area contributed by atoms with E-state index in [9.17, 15) is 9.59 Å². The van der Waals surface area contributed by atoms with Crippen molar-refractivity contribution in [1.82, 2.24) is 0 Å². The molecule has 0 N–H and O–H groups in total. The maximum Gasteiger partial charge on any atom is 0.223 e. The maximum absolute atomic E-state index is 11.2. The van der Waals surface area contributed by atoms with Crippen LogP contribution < -0.4 is 0 Å². The van der Waals surface area contributed by atoms with Gasteiger partial charge in [-0.25, -0.2) is 0 Å². The van der Waals surface area contributed by atoms with Crippen molar-refractivity contribution in [3.05, 3.63) is 23.5 Å². The van der Waals surface area contributed by atoms with Crippen molar-refractivity contribution in [2.24, 2.45) is 0 Å². The summed E-state index contributed by atoms with van der Waals surface area (Å²) in [4.78, 5) is 22.2. The lowest BCUT2D eigenvalue weighted by Gasteiger charge is -2.10. The molecule has 0 amide bonds.